The quantitative estimate of drug-likeness (QED) is 0.759. The van der Waals surface area contributed by atoms with E-state index >= 15 is 0 Å². The first-order valence-corrected chi connectivity index (χ1v) is 6.03. The predicted octanol–water partition coefficient (Wildman–Crippen LogP) is 2.79. The number of aromatic nitrogens is 1. The molecule has 16 heavy (non-hydrogen) atoms. The van der Waals surface area contributed by atoms with Crippen molar-refractivity contribution in [1.29, 1.82) is 0 Å². The second kappa shape index (κ2) is 4.23. The Balaban J connectivity index is 1.91. The van der Waals surface area contributed by atoms with E-state index in [4.69, 9.17) is 9.47 Å². The zero-order valence-corrected chi connectivity index (χ0v) is 9.44. The highest BCUT2D eigenvalue weighted by Crippen LogP contribution is 2.30. The molecule has 0 spiro atoms. The van der Waals surface area contributed by atoms with Gasteiger partial charge in [-0.15, -0.1) is 11.3 Å². The molecule has 1 unspecified atom stereocenters. The van der Waals surface area contributed by atoms with Gasteiger partial charge in [0.05, 0.1) is 13.2 Å². The minimum atomic E-state index is -0.0800. The maximum atomic E-state index is 5.92. The summed E-state index contributed by atoms with van der Waals surface area (Å²) in [5.74, 6) is 0.903. The minimum Gasteiger partial charge on any atom is -0.480 e. The number of nitrogens with zero attached hydrogens (tertiary/aromatic N) is 1. The third-order valence-electron chi connectivity index (χ3n) is 2.50. The molecule has 0 aliphatic carbocycles. The van der Waals surface area contributed by atoms with Crippen LogP contribution in [0.4, 0.5) is 0 Å². The van der Waals surface area contributed by atoms with Crippen LogP contribution in [0, 0.1) is 0 Å². The van der Waals surface area contributed by atoms with E-state index in [-0.39, 0.29) is 6.10 Å². The lowest BCUT2D eigenvalue weighted by atomic mass is 10.2. The van der Waals surface area contributed by atoms with Gasteiger partial charge in [-0.05, 0) is 6.07 Å². The molecule has 0 N–H and O–H groups in total. The van der Waals surface area contributed by atoms with Gasteiger partial charge in [0.1, 0.15) is 10.8 Å². The number of para-hydroxylation sites is 1. The summed E-state index contributed by atoms with van der Waals surface area (Å²) < 4.78 is 11.5. The van der Waals surface area contributed by atoms with Crippen LogP contribution in [-0.2, 0) is 11.3 Å². The predicted molar refractivity (Wildman–Crippen MR) is 61.6 cm³/mol. The Morgan fingerprint density at radius 1 is 1.31 bits per heavy atom. The molecule has 1 aromatic carbocycles. The number of benzene rings is 1. The molecule has 3 rings (SSSR count). The molecule has 2 heterocycles. The first kappa shape index (κ1) is 9.81. The Morgan fingerprint density at radius 2 is 2.25 bits per heavy atom. The van der Waals surface area contributed by atoms with E-state index in [2.05, 4.69) is 4.98 Å². The van der Waals surface area contributed by atoms with Crippen molar-refractivity contribution in [1.82, 2.24) is 4.98 Å². The zero-order chi connectivity index (χ0) is 10.8. The molecule has 82 valence electrons. The van der Waals surface area contributed by atoms with Crippen molar-refractivity contribution in [2.24, 2.45) is 0 Å². The summed E-state index contributed by atoms with van der Waals surface area (Å²) in [6.07, 6.45) is 1.71. The van der Waals surface area contributed by atoms with Crippen molar-refractivity contribution in [2.45, 2.75) is 12.7 Å². The average molecular weight is 233 g/mol. The largest absolute Gasteiger partial charge is 0.480 e. The molecular formula is C12H11NO2S. The van der Waals surface area contributed by atoms with Gasteiger partial charge in [-0.2, -0.15) is 0 Å². The molecule has 1 aromatic heterocycles. The molecule has 1 atom stereocenters. The van der Waals surface area contributed by atoms with Gasteiger partial charge in [0.15, 0.2) is 6.10 Å². The summed E-state index contributed by atoms with van der Waals surface area (Å²) in [4.78, 5) is 4.27. The van der Waals surface area contributed by atoms with Gasteiger partial charge in [0, 0.05) is 17.1 Å². The third-order valence-corrected chi connectivity index (χ3v) is 3.36. The van der Waals surface area contributed by atoms with E-state index < -0.39 is 0 Å². The first-order valence-electron chi connectivity index (χ1n) is 5.15. The maximum Gasteiger partial charge on any atom is 0.173 e. The van der Waals surface area contributed by atoms with Crippen LogP contribution < -0.4 is 4.74 Å². The van der Waals surface area contributed by atoms with E-state index in [0.29, 0.717) is 13.2 Å². The summed E-state index contributed by atoms with van der Waals surface area (Å²) in [7, 11) is 0. The first-order chi connectivity index (χ1) is 7.93. The lowest BCUT2D eigenvalue weighted by Gasteiger charge is -2.13. The Hall–Kier alpha value is -1.39. The molecule has 0 saturated heterocycles. The van der Waals surface area contributed by atoms with E-state index in [1.807, 2.05) is 29.6 Å². The van der Waals surface area contributed by atoms with Crippen LogP contribution in [0.5, 0.6) is 5.75 Å². The van der Waals surface area contributed by atoms with Gasteiger partial charge in [0.2, 0.25) is 0 Å². The standard InChI is InChI=1S/C12H11NO2S/c1-2-4-10-9(3-1)7-14-8-11(15-10)12-13-5-6-16-12/h1-6,11H,7-8H2. The number of thiazole rings is 1. The van der Waals surface area contributed by atoms with Gasteiger partial charge in [0.25, 0.3) is 0 Å². The number of rotatable bonds is 1. The normalized spacial score (nSPS) is 19.6. The zero-order valence-electron chi connectivity index (χ0n) is 8.63. The summed E-state index contributed by atoms with van der Waals surface area (Å²) in [6, 6.07) is 7.97. The van der Waals surface area contributed by atoms with Crippen molar-refractivity contribution in [3.05, 3.63) is 46.4 Å². The maximum absolute atomic E-state index is 5.92. The monoisotopic (exact) mass is 233 g/mol. The van der Waals surface area contributed by atoms with Gasteiger partial charge < -0.3 is 9.47 Å². The summed E-state index contributed by atoms with van der Waals surface area (Å²) in [6.45, 7) is 1.17. The van der Waals surface area contributed by atoms with Gasteiger partial charge in [-0.3, -0.25) is 0 Å². The van der Waals surface area contributed by atoms with Crippen LogP contribution in [0.1, 0.15) is 16.7 Å². The second-order valence-corrected chi connectivity index (χ2v) is 4.53. The van der Waals surface area contributed by atoms with Crippen molar-refractivity contribution >= 4 is 11.3 Å². The van der Waals surface area contributed by atoms with Gasteiger partial charge >= 0.3 is 0 Å². The van der Waals surface area contributed by atoms with Crippen LogP contribution in [0.15, 0.2) is 35.8 Å². The van der Waals surface area contributed by atoms with E-state index in [1.165, 1.54) is 0 Å². The number of ether oxygens (including phenoxy) is 2. The number of hydrogen-bond donors (Lipinski definition) is 0. The fraction of sp³-hybridized carbons (Fsp3) is 0.250. The van der Waals surface area contributed by atoms with Crippen LogP contribution in [-0.4, -0.2) is 11.6 Å². The molecule has 0 bridgehead atoms. The smallest absolute Gasteiger partial charge is 0.173 e. The Morgan fingerprint density at radius 3 is 3.12 bits per heavy atom. The molecule has 0 fully saturated rings. The fourth-order valence-electron chi connectivity index (χ4n) is 1.72. The van der Waals surface area contributed by atoms with Crippen LogP contribution in [0.3, 0.4) is 0 Å². The molecule has 4 heteroatoms. The SMILES string of the molecule is c1ccc2c(c1)COCC(c1nccs1)O2. The van der Waals surface area contributed by atoms with E-state index in [1.54, 1.807) is 17.5 Å². The van der Waals surface area contributed by atoms with Gasteiger partial charge in [-0.1, -0.05) is 18.2 Å². The van der Waals surface area contributed by atoms with E-state index in [9.17, 15) is 0 Å². The molecule has 1 aliphatic heterocycles. The lowest BCUT2D eigenvalue weighted by Crippen LogP contribution is -2.11. The number of fused-ring (bicyclic) bond motifs is 1. The van der Waals surface area contributed by atoms with Crippen LogP contribution in [0.2, 0.25) is 0 Å². The minimum absolute atomic E-state index is 0.0800. The van der Waals surface area contributed by atoms with Crippen LogP contribution >= 0.6 is 11.3 Å². The van der Waals surface area contributed by atoms with Crippen molar-refractivity contribution in [3.63, 3.8) is 0 Å². The average Bonchev–Trinajstić information content (AvgIpc) is 2.75. The highest BCUT2D eigenvalue weighted by Gasteiger charge is 2.21. The summed E-state index contributed by atoms with van der Waals surface area (Å²) >= 11 is 1.60. The van der Waals surface area contributed by atoms with E-state index in [0.717, 1.165) is 16.3 Å². The summed E-state index contributed by atoms with van der Waals surface area (Å²) in [5, 5.41) is 2.92. The molecule has 0 saturated carbocycles. The Bertz CT molecular complexity index is 470. The Kier molecular flexibility index (Phi) is 2.60. The molecule has 2 aromatic rings. The molecule has 0 amide bonds. The van der Waals surface area contributed by atoms with Crippen molar-refractivity contribution in [3.8, 4) is 5.75 Å². The summed E-state index contributed by atoms with van der Waals surface area (Å²) in [5.41, 5.74) is 1.10. The Labute approximate surface area is 97.7 Å². The highest BCUT2D eigenvalue weighted by atomic mass is 32.1. The second-order valence-electron chi connectivity index (χ2n) is 3.60. The van der Waals surface area contributed by atoms with Gasteiger partial charge in [-0.25, -0.2) is 4.98 Å². The highest BCUT2D eigenvalue weighted by molar-refractivity contribution is 7.09. The molecule has 1 aliphatic rings. The molecule has 0 radical (unpaired) electrons. The fourth-order valence-corrected chi connectivity index (χ4v) is 2.37. The number of hydrogen-bond acceptors (Lipinski definition) is 4. The molecular weight excluding hydrogens is 222 g/mol. The van der Waals surface area contributed by atoms with Crippen molar-refractivity contribution < 1.29 is 9.47 Å². The third kappa shape index (κ3) is 1.81. The lowest BCUT2D eigenvalue weighted by molar-refractivity contribution is 0.0595. The van der Waals surface area contributed by atoms with Crippen LogP contribution in [0.25, 0.3) is 0 Å². The topological polar surface area (TPSA) is 31.4 Å². The molecule has 3 nitrogen and oxygen atoms in total. The van der Waals surface area contributed by atoms with Crippen molar-refractivity contribution in [2.75, 3.05) is 6.61 Å².